The molecule has 0 unspecified atom stereocenters. The van der Waals surface area contributed by atoms with E-state index in [-0.39, 0.29) is 18.1 Å². The SMILES string of the molecule is Cc1[nH]nc2c1[C@@H](C(=O)c1ccc3c(c1)OCCO3)CC(=O)N2. The van der Waals surface area contributed by atoms with Crippen LogP contribution in [0.1, 0.15) is 34.0 Å². The van der Waals surface area contributed by atoms with Gasteiger partial charge in [0.25, 0.3) is 0 Å². The molecule has 1 aromatic heterocycles. The number of carbonyl (C=O) groups excluding carboxylic acids is 2. The van der Waals surface area contributed by atoms with Crippen molar-refractivity contribution >= 4 is 17.5 Å². The van der Waals surface area contributed by atoms with Gasteiger partial charge in [0.1, 0.15) is 13.2 Å². The molecule has 1 amide bonds. The van der Waals surface area contributed by atoms with Gasteiger partial charge in [-0.05, 0) is 25.1 Å². The Morgan fingerprint density at radius 3 is 2.87 bits per heavy atom. The molecule has 7 heteroatoms. The number of nitrogens with zero attached hydrogens (tertiary/aromatic N) is 1. The molecule has 2 aromatic rings. The number of Topliss-reactive ketones (excluding diaryl/α,β-unsaturated/α-hetero) is 1. The van der Waals surface area contributed by atoms with Crippen LogP contribution in [0.25, 0.3) is 0 Å². The molecule has 1 aromatic carbocycles. The zero-order chi connectivity index (χ0) is 16.0. The predicted molar refractivity (Wildman–Crippen MR) is 81.1 cm³/mol. The summed E-state index contributed by atoms with van der Waals surface area (Å²) in [4.78, 5) is 24.8. The molecule has 4 rings (SSSR count). The van der Waals surface area contributed by atoms with Crippen molar-refractivity contribution in [3.63, 3.8) is 0 Å². The van der Waals surface area contributed by atoms with Gasteiger partial charge in [-0.1, -0.05) is 0 Å². The first-order valence-corrected chi connectivity index (χ1v) is 7.42. The van der Waals surface area contributed by atoms with Crippen LogP contribution in [0.2, 0.25) is 0 Å². The van der Waals surface area contributed by atoms with Gasteiger partial charge >= 0.3 is 0 Å². The van der Waals surface area contributed by atoms with Crippen molar-refractivity contribution in [3.05, 3.63) is 35.0 Å². The number of amides is 1. The molecular formula is C16H15N3O4. The van der Waals surface area contributed by atoms with Gasteiger partial charge in [0.05, 0.1) is 5.92 Å². The molecule has 0 saturated heterocycles. The number of aromatic nitrogens is 2. The number of fused-ring (bicyclic) bond motifs is 2. The summed E-state index contributed by atoms with van der Waals surface area (Å²) in [5.74, 6) is 0.762. The van der Waals surface area contributed by atoms with E-state index in [1.165, 1.54) is 0 Å². The number of carbonyl (C=O) groups is 2. The standard InChI is InChI=1S/C16H15N3O4/c1-8-14-10(7-13(20)17-16(14)19-18-8)15(21)9-2-3-11-12(6-9)23-5-4-22-11/h2-3,6,10H,4-5,7H2,1H3,(H2,17,18,19,20)/t10-/m0/s1. The van der Waals surface area contributed by atoms with Gasteiger partial charge in [-0.3, -0.25) is 14.7 Å². The third-order valence-electron chi connectivity index (χ3n) is 4.13. The van der Waals surface area contributed by atoms with Crippen LogP contribution in [0.5, 0.6) is 11.5 Å². The Bertz CT molecular complexity index is 812. The van der Waals surface area contributed by atoms with E-state index in [0.29, 0.717) is 36.1 Å². The summed E-state index contributed by atoms with van der Waals surface area (Å²) in [6.07, 6.45) is 0.112. The molecule has 0 spiro atoms. The number of hydrogen-bond acceptors (Lipinski definition) is 5. The molecule has 3 heterocycles. The highest BCUT2D eigenvalue weighted by atomic mass is 16.6. The summed E-state index contributed by atoms with van der Waals surface area (Å²) in [5.41, 5.74) is 2.04. The van der Waals surface area contributed by atoms with Crippen molar-refractivity contribution in [2.24, 2.45) is 0 Å². The van der Waals surface area contributed by atoms with Gasteiger partial charge in [-0.15, -0.1) is 0 Å². The van der Waals surface area contributed by atoms with Crippen molar-refractivity contribution in [2.75, 3.05) is 18.5 Å². The molecule has 0 radical (unpaired) electrons. The molecule has 7 nitrogen and oxygen atoms in total. The fraction of sp³-hybridized carbons (Fsp3) is 0.312. The van der Waals surface area contributed by atoms with Crippen molar-refractivity contribution in [3.8, 4) is 11.5 Å². The Kier molecular flexibility index (Phi) is 3.07. The molecule has 1 atom stereocenters. The molecule has 0 fully saturated rings. The van der Waals surface area contributed by atoms with Crippen molar-refractivity contribution < 1.29 is 19.1 Å². The van der Waals surface area contributed by atoms with Crippen LogP contribution >= 0.6 is 0 Å². The quantitative estimate of drug-likeness (QED) is 0.825. The second kappa shape index (κ2) is 5.12. The van der Waals surface area contributed by atoms with Gasteiger partial charge in [0, 0.05) is 23.2 Å². The lowest BCUT2D eigenvalue weighted by Gasteiger charge is -2.23. The minimum Gasteiger partial charge on any atom is -0.486 e. The topological polar surface area (TPSA) is 93.3 Å². The van der Waals surface area contributed by atoms with E-state index in [1.54, 1.807) is 18.2 Å². The summed E-state index contributed by atoms with van der Waals surface area (Å²) in [6, 6.07) is 5.11. The van der Waals surface area contributed by atoms with Crippen LogP contribution in [0.4, 0.5) is 5.82 Å². The first-order chi connectivity index (χ1) is 11.1. The van der Waals surface area contributed by atoms with E-state index in [4.69, 9.17) is 9.47 Å². The Labute approximate surface area is 132 Å². The molecule has 118 valence electrons. The van der Waals surface area contributed by atoms with Gasteiger partial charge in [-0.2, -0.15) is 5.10 Å². The molecule has 2 aliphatic rings. The van der Waals surface area contributed by atoms with E-state index >= 15 is 0 Å². The summed E-state index contributed by atoms with van der Waals surface area (Å²) < 4.78 is 11.0. The Hall–Kier alpha value is -2.83. The van der Waals surface area contributed by atoms with Crippen LogP contribution in [0.15, 0.2) is 18.2 Å². The van der Waals surface area contributed by atoms with Gasteiger partial charge in [-0.25, -0.2) is 0 Å². The Balaban J connectivity index is 1.72. The van der Waals surface area contributed by atoms with E-state index < -0.39 is 5.92 Å². The third kappa shape index (κ3) is 2.25. The number of aromatic amines is 1. The predicted octanol–water partition coefficient (Wildman–Crippen LogP) is 1.80. The van der Waals surface area contributed by atoms with E-state index in [0.717, 1.165) is 11.3 Å². The number of nitrogens with one attached hydrogen (secondary N) is 2. The Morgan fingerprint density at radius 1 is 1.26 bits per heavy atom. The summed E-state index contributed by atoms with van der Waals surface area (Å²) in [7, 11) is 0. The Morgan fingerprint density at radius 2 is 2.04 bits per heavy atom. The summed E-state index contributed by atoms with van der Waals surface area (Å²) >= 11 is 0. The maximum atomic E-state index is 12.9. The van der Waals surface area contributed by atoms with Crippen LogP contribution < -0.4 is 14.8 Å². The molecule has 0 aliphatic carbocycles. The fourth-order valence-electron chi connectivity index (χ4n) is 3.05. The largest absolute Gasteiger partial charge is 0.486 e. The van der Waals surface area contributed by atoms with Crippen LogP contribution in [-0.4, -0.2) is 35.1 Å². The molecule has 2 N–H and O–H groups in total. The smallest absolute Gasteiger partial charge is 0.226 e. The van der Waals surface area contributed by atoms with E-state index in [1.807, 2.05) is 6.92 Å². The average molecular weight is 313 g/mol. The highest BCUT2D eigenvalue weighted by molar-refractivity contribution is 6.08. The van der Waals surface area contributed by atoms with E-state index in [9.17, 15) is 9.59 Å². The monoisotopic (exact) mass is 313 g/mol. The molecule has 0 bridgehead atoms. The highest BCUT2D eigenvalue weighted by Gasteiger charge is 2.35. The molecule has 23 heavy (non-hydrogen) atoms. The van der Waals surface area contributed by atoms with Crippen LogP contribution in [-0.2, 0) is 4.79 Å². The number of H-pyrrole nitrogens is 1. The zero-order valence-electron chi connectivity index (χ0n) is 12.5. The van der Waals surface area contributed by atoms with Gasteiger partial charge in [0.2, 0.25) is 5.91 Å². The number of aryl methyl sites for hydroxylation is 1. The third-order valence-corrected chi connectivity index (χ3v) is 4.13. The maximum Gasteiger partial charge on any atom is 0.226 e. The van der Waals surface area contributed by atoms with Gasteiger partial charge in [0.15, 0.2) is 23.1 Å². The molecular weight excluding hydrogens is 298 g/mol. The van der Waals surface area contributed by atoms with Crippen molar-refractivity contribution in [2.45, 2.75) is 19.3 Å². The maximum absolute atomic E-state index is 12.9. The number of benzene rings is 1. The van der Waals surface area contributed by atoms with Crippen LogP contribution in [0, 0.1) is 6.92 Å². The number of hydrogen-bond donors (Lipinski definition) is 2. The van der Waals surface area contributed by atoms with Crippen molar-refractivity contribution in [1.82, 2.24) is 10.2 Å². The van der Waals surface area contributed by atoms with Gasteiger partial charge < -0.3 is 14.8 Å². The number of anilines is 1. The summed E-state index contributed by atoms with van der Waals surface area (Å²) in [6.45, 7) is 2.80. The van der Waals surface area contributed by atoms with E-state index in [2.05, 4.69) is 15.5 Å². The molecule has 2 aliphatic heterocycles. The normalized spacial score (nSPS) is 19.0. The minimum absolute atomic E-state index is 0.112. The zero-order valence-corrected chi connectivity index (χ0v) is 12.5. The molecule has 0 saturated carbocycles. The lowest BCUT2D eigenvalue weighted by atomic mass is 9.85. The highest BCUT2D eigenvalue weighted by Crippen LogP contribution is 2.37. The number of ketones is 1. The number of rotatable bonds is 2. The second-order valence-corrected chi connectivity index (χ2v) is 5.64. The first-order valence-electron chi connectivity index (χ1n) is 7.42. The van der Waals surface area contributed by atoms with Crippen molar-refractivity contribution in [1.29, 1.82) is 0 Å². The fourth-order valence-corrected chi connectivity index (χ4v) is 3.05. The first kappa shape index (κ1) is 13.8. The van der Waals surface area contributed by atoms with Crippen LogP contribution in [0.3, 0.4) is 0 Å². The average Bonchev–Trinajstić information content (AvgIpc) is 2.94. The second-order valence-electron chi connectivity index (χ2n) is 5.64. The summed E-state index contributed by atoms with van der Waals surface area (Å²) in [5, 5.41) is 9.56. The lowest BCUT2D eigenvalue weighted by Crippen LogP contribution is -2.27. The minimum atomic E-state index is -0.542. The lowest BCUT2D eigenvalue weighted by molar-refractivity contribution is -0.116. The number of ether oxygens (including phenoxy) is 2.